The van der Waals surface area contributed by atoms with Crippen LogP contribution in [0.15, 0.2) is 18.2 Å². The molecule has 1 aromatic heterocycles. The van der Waals surface area contributed by atoms with Gasteiger partial charge in [-0.25, -0.2) is 0 Å². The van der Waals surface area contributed by atoms with Gasteiger partial charge < -0.3 is 15.2 Å². The van der Waals surface area contributed by atoms with E-state index in [-0.39, 0.29) is 24.8 Å². The third-order valence-corrected chi connectivity index (χ3v) is 3.76. The minimum Gasteiger partial charge on any atom is -0.357 e. The van der Waals surface area contributed by atoms with Gasteiger partial charge in [0.15, 0.2) is 0 Å². The van der Waals surface area contributed by atoms with Crippen molar-refractivity contribution in [2.75, 3.05) is 27.2 Å². The van der Waals surface area contributed by atoms with Crippen molar-refractivity contribution in [2.24, 2.45) is 0 Å². The zero-order valence-electron chi connectivity index (χ0n) is 12.2. The minimum absolute atomic E-state index is 0. The summed E-state index contributed by atoms with van der Waals surface area (Å²) in [5, 5.41) is 5.02. The van der Waals surface area contributed by atoms with Crippen LogP contribution in [-0.4, -0.2) is 37.1 Å². The fourth-order valence-electron chi connectivity index (χ4n) is 2.94. The van der Waals surface area contributed by atoms with Crippen LogP contribution in [0.3, 0.4) is 0 Å². The van der Waals surface area contributed by atoms with E-state index in [1.165, 1.54) is 27.7 Å². The standard InChI is InChI=1S/C15H21N3.2ClH/c1-10-4-5-13-12(8-10)11-6-7-16-14(9-18(2)3)15(11)17-13;;/h4-5,8,14,16-17H,6-7,9H2,1-3H3;2*1H. The van der Waals surface area contributed by atoms with Gasteiger partial charge in [-0.2, -0.15) is 0 Å². The number of aryl methyl sites for hydroxylation is 1. The number of H-pyrrole nitrogens is 1. The molecule has 0 saturated carbocycles. The minimum atomic E-state index is 0. The molecular weight excluding hydrogens is 293 g/mol. The summed E-state index contributed by atoms with van der Waals surface area (Å²) >= 11 is 0. The number of benzene rings is 1. The Morgan fingerprint density at radius 2 is 2.00 bits per heavy atom. The average Bonchev–Trinajstić information content (AvgIpc) is 2.68. The van der Waals surface area contributed by atoms with Crippen molar-refractivity contribution >= 4 is 35.7 Å². The smallest absolute Gasteiger partial charge is 0.0605 e. The lowest BCUT2D eigenvalue weighted by atomic mass is 9.98. The molecule has 3 nitrogen and oxygen atoms in total. The van der Waals surface area contributed by atoms with E-state index >= 15 is 0 Å². The third kappa shape index (κ3) is 3.12. The summed E-state index contributed by atoms with van der Waals surface area (Å²) in [4.78, 5) is 5.85. The van der Waals surface area contributed by atoms with Gasteiger partial charge in [-0.3, -0.25) is 0 Å². The lowest BCUT2D eigenvalue weighted by Gasteiger charge is -2.26. The fraction of sp³-hybridized carbons (Fsp3) is 0.467. The summed E-state index contributed by atoms with van der Waals surface area (Å²) in [5.41, 5.74) is 5.51. The van der Waals surface area contributed by atoms with Gasteiger partial charge in [-0.15, -0.1) is 24.8 Å². The number of aromatic nitrogens is 1. The second-order valence-corrected chi connectivity index (χ2v) is 5.59. The van der Waals surface area contributed by atoms with E-state index in [9.17, 15) is 0 Å². The molecule has 1 atom stereocenters. The lowest BCUT2D eigenvalue weighted by Crippen LogP contribution is -2.36. The highest BCUT2D eigenvalue weighted by atomic mass is 35.5. The molecule has 1 aliphatic heterocycles. The van der Waals surface area contributed by atoms with E-state index < -0.39 is 0 Å². The molecule has 0 fully saturated rings. The maximum Gasteiger partial charge on any atom is 0.0605 e. The Kier molecular flexibility index (Phi) is 5.90. The van der Waals surface area contributed by atoms with Crippen LogP contribution in [0.1, 0.15) is 22.9 Å². The van der Waals surface area contributed by atoms with Crippen LogP contribution in [0.25, 0.3) is 10.9 Å². The number of halogens is 2. The van der Waals surface area contributed by atoms with Gasteiger partial charge in [0, 0.05) is 23.1 Å². The number of nitrogens with zero attached hydrogens (tertiary/aromatic N) is 1. The van der Waals surface area contributed by atoms with Crippen molar-refractivity contribution in [3.63, 3.8) is 0 Å². The van der Waals surface area contributed by atoms with Crippen LogP contribution in [0.4, 0.5) is 0 Å². The summed E-state index contributed by atoms with van der Waals surface area (Å²) in [6.45, 7) is 4.28. The van der Waals surface area contributed by atoms with Crippen molar-refractivity contribution in [1.82, 2.24) is 15.2 Å². The first-order chi connectivity index (χ1) is 8.65. The third-order valence-electron chi connectivity index (χ3n) is 3.76. The van der Waals surface area contributed by atoms with E-state index in [1.807, 2.05) is 0 Å². The molecule has 1 aliphatic rings. The van der Waals surface area contributed by atoms with Crippen LogP contribution >= 0.6 is 24.8 Å². The second-order valence-electron chi connectivity index (χ2n) is 5.59. The molecule has 2 heterocycles. The average molecular weight is 316 g/mol. The quantitative estimate of drug-likeness (QED) is 0.892. The molecule has 0 bridgehead atoms. The number of fused-ring (bicyclic) bond motifs is 3. The van der Waals surface area contributed by atoms with E-state index in [4.69, 9.17) is 0 Å². The zero-order chi connectivity index (χ0) is 12.7. The maximum absolute atomic E-state index is 3.61. The van der Waals surface area contributed by atoms with Crippen molar-refractivity contribution < 1.29 is 0 Å². The van der Waals surface area contributed by atoms with Gasteiger partial charge in [0.1, 0.15) is 0 Å². The largest absolute Gasteiger partial charge is 0.357 e. The summed E-state index contributed by atoms with van der Waals surface area (Å²) in [7, 11) is 4.26. The molecule has 0 aliphatic carbocycles. The number of nitrogens with one attached hydrogen (secondary N) is 2. The Balaban J connectivity index is 0.000001000. The highest BCUT2D eigenvalue weighted by Gasteiger charge is 2.23. The molecule has 5 heteroatoms. The van der Waals surface area contributed by atoms with Crippen molar-refractivity contribution in [3.05, 3.63) is 35.0 Å². The summed E-state index contributed by atoms with van der Waals surface area (Å²) in [5.74, 6) is 0. The first-order valence-electron chi connectivity index (χ1n) is 6.64. The number of aromatic amines is 1. The second kappa shape index (κ2) is 6.81. The van der Waals surface area contributed by atoms with Crippen LogP contribution in [0.5, 0.6) is 0 Å². The molecule has 2 aromatic rings. The number of hydrogen-bond donors (Lipinski definition) is 2. The van der Waals surface area contributed by atoms with Crippen LogP contribution < -0.4 is 5.32 Å². The Labute approximate surface area is 132 Å². The molecule has 1 aromatic carbocycles. The highest BCUT2D eigenvalue weighted by molar-refractivity contribution is 5.86. The fourth-order valence-corrected chi connectivity index (χ4v) is 2.94. The van der Waals surface area contributed by atoms with Crippen LogP contribution in [-0.2, 0) is 6.42 Å². The molecule has 0 saturated heterocycles. The molecule has 0 spiro atoms. The first kappa shape index (κ1) is 17.3. The molecule has 0 radical (unpaired) electrons. The van der Waals surface area contributed by atoms with Gasteiger partial charge in [0.2, 0.25) is 0 Å². The lowest BCUT2D eigenvalue weighted by molar-refractivity contribution is 0.331. The van der Waals surface area contributed by atoms with E-state index in [0.29, 0.717) is 6.04 Å². The van der Waals surface area contributed by atoms with E-state index in [1.54, 1.807) is 0 Å². The number of rotatable bonds is 2. The SMILES string of the molecule is Cc1ccc2[nH]c3c(c2c1)CCNC3CN(C)C.Cl.Cl. The topological polar surface area (TPSA) is 31.1 Å². The highest BCUT2D eigenvalue weighted by Crippen LogP contribution is 2.30. The molecule has 112 valence electrons. The van der Waals surface area contributed by atoms with Gasteiger partial charge in [0.05, 0.1) is 6.04 Å². The van der Waals surface area contributed by atoms with Gasteiger partial charge in [0.25, 0.3) is 0 Å². The Hall–Kier alpha value is -0.740. The summed E-state index contributed by atoms with van der Waals surface area (Å²) in [6, 6.07) is 7.12. The van der Waals surface area contributed by atoms with E-state index in [0.717, 1.165) is 19.5 Å². The van der Waals surface area contributed by atoms with Crippen LogP contribution in [0, 0.1) is 6.92 Å². The van der Waals surface area contributed by atoms with Crippen molar-refractivity contribution in [1.29, 1.82) is 0 Å². The van der Waals surface area contributed by atoms with Crippen molar-refractivity contribution in [3.8, 4) is 0 Å². The normalized spacial score (nSPS) is 17.5. The van der Waals surface area contributed by atoms with Gasteiger partial charge in [-0.05, 0) is 51.7 Å². The molecule has 1 unspecified atom stereocenters. The molecular formula is C15H23Cl2N3. The molecule has 0 amide bonds. The zero-order valence-corrected chi connectivity index (χ0v) is 13.8. The van der Waals surface area contributed by atoms with Gasteiger partial charge in [-0.1, -0.05) is 11.6 Å². The van der Waals surface area contributed by atoms with Crippen molar-refractivity contribution in [2.45, 2.75) is 19.4 Å². The predicted octanol–water partition coefficient (Wildman–Crippen LogP) is 3.07. The predicted molar refractivity (Wildman–Crippen MR) is 90.5 cm³/mol. The van der Waals surface area contributed by atoms with Crippen LogP contribution in [0.2, 0.25) is 0 Å². The number of hydrogen-bond acceptors (Lipinski definition) is 2. The number of likely N-dealkylation sites (N-methyl/N-ethyl adjacent to an activating group) is 1. The Morgan fingerprint density at radius 3 is 2.70 bits per heavy atom. The Bertz CT molecular complexity index is 578. The Morgan fingerprint density at radius 1 is 1.25 bits per heavy atom. The van der Waals surface area contributed by atoms with Gasteiger partial charge >= 0.3 is 0 Å². The maximum atomic E-state index is 3.61. The molecule has 20 heavy (non-hydrogen) atoms. The monoisotopic (exact) mass is 315 g/mol. The summed E-state index contributed by atoms with van der Waals surface area (Å²) < 4.78 is 0. The first-order valence-corrected chi connectivity index (χ1v) is 6.64. The molecule has 3 rings (SSSR count). The molecule has 2 N–H and O–H groups in total. The van der Waals surface area contributed by atoms with E-state index in [2.05, 4.69) is 54.4 Å². The summed E-state index contributed by atoms with van der Waals surface area (Å²) in [6.07, 6.45) is 1.13.